The number of piperazine rings is 1. The summed E-state index contributed by atoms with van der Waals surface area (Å²) in [7, 11) is 2.19. The van der Waals surface area contributed by atoms with Gasteiger partial charge in [0.1, 0.15) is 0 Å². The molecule has 3 atom stereocenters. The highest BCUT2D eigenvalue weighted by molar-refractivity contribution is 5.71. The number of hydrogen-bond acceptors (Lipinski definition) is 5. The topological polar surface area (TPSA) is 36.0 Å². The lowest BCUT2D eigenvalue weighted by Gasteiger charge is -2.52. The van der Waals surface area contributed by atoms with Crippen LogP contribution in [0.25, 0.3) is 0 Å². The van der Waals surface area contributed by atoms with Gasteiger partial charge in [-0.05, 0) is 45.8 Å². The van der Waals surface area contributed by atoms with Gasteiger partial charge < -0.3 is 14.5 Å². The minimum atomic E-state index is -0.00298. The predicted molar refractivity (Wildman–Crippen MR) is 82.2 cm³/mol. The van der Waals surface area contributed by atoms with E-state index in [9.17, 15) is 4.79 Å². The molecule has 0 aromatic heterocycles. The fraction of sp³-hybridized carbons (Fsp3) is 0.938. The van der Waals surface area contributed by atoms with Crippen molar-refractivity contribution in [3.63, 3.8) is 0 Å². The summed E-state index contributed by atoms with van der Waals surface area (Å²) >= 11 is 0. The molecule has 0 N–H and O–H groups in total. The van der Waals surface area contributed by atoms with Gasteiger partial charge in [0.05, 0.1) is 13.0 Å². The van der Waals surface area contributed by atoms with Crippen molar-refractivity contribution in [3.8, 4) is 0 Å². The second-order valence-electron chi connectivity index (χ2n) is 6.91. The first kappa shape index (κ1) is 15.3. The van der Waals surface area contributed by atoms with Gasteiger partial charge in [0.15, 0.2) is 0 Å². The molecule has 0 aromatic carbocycles. The van der Waals surface area contributed by atoms with Crippen molar-refractivity contribution < 1.29 is 9.53 Å². The van der Waals surface area contributed by atoms with Crippen LogP contribution in [-0.2, 0) is 9.53 Å². The summed E-state index contributed by atoms with van der Waals surface area (Å²) in [6, 6.07) is 0. The monoisotopic (exact) mass is 295 g/mol. The standard InChI is InChI=1S/C16H29N3O2/c1-3-21-15(20)12-16(19-10-8-17(2)9-11-19)5-7-18-6-4-14(16)13-18/h14H,3-13H2,1-2H3. The Morgan fingerprint density at radius 2 is 1.95 bits per heavy atom. The number of carbonyl (C=O) groups is 1. The number of piperidine rings is 1. The van der Waals surface area contributed by atoms with E-state index >= 15 is 0 Å². The molecular formula is C16H29N3O2. The number of nitrogens with zero attached hydrogens (tertiary/aromatic N) is 3. The molecule has 3 rings (SSSR count). The van der Waals surface area contributed by atoms with Crippen LogP contribution in [0.15, 0.2) is 0 Å². The van der Waals surface area contributed by atoms with E-state index in [4.69, 9.17) is 4.74 Å². The molecule has 21 heavy (non-hydrogen) atoms. The van der Waals surface area contributed by atoms with Crippen molar-refractivity contribution in [3.05, 3.63) is 0 Å². The Kier molecular flexibility index (Phi) is 4.52. The van der Waals surface area contributed by atoms with E-state index in [-0.39, 0.29) is 11.5 Å². The maximum Gasteiger partial charge on any atom is 0.307 e. The van der Waals surface area contributed by atoms with E-state index in [1.807, 2.05) is 6.92 Å². The van der Waals surface area contributed by atoms with E-state index in [0.717, 1.165) is 39.1 Å². The Bertz CT molecular complexity index is 382. The Hall–Kier alpha value is -0.650. The second kappa shape index (κ2) is 6.23. The smallest absolute Gasteiger partial charge is 0.307 e. The molecule has 120 valence electrons. The first-order valence-electron chi connectivity index (χ1n) is 8.45. The van der Waals surface area contributed by atoms with Crippen molar-refractivity contribution in [2.75, 3.05) is 59.5 Å². The molecule has 0 saturated carbocycles. The molecule has 3 aliphatic rings. The van der Waals surface area contributed by atoms with Crippen molar-refractivity contribution in [1.29, 1.82) is 0 Å². The van der Waals surface area contributed by atoms with Gasteiger partial charge in [-0.3, -0.25) is 9.69 Å². The van der Waals surface area contributed by atoms with Crippen LogP contribution in [0.5, 0.6) is 0 Å². The maximum absolute atomic E-state index is 12.2. The van der Waals surface area contributed by atoms with Gasteiger partial charge >= 0.3 is 5.97 Å². The molecule has 3 unspecified atom stereocenters. The molecule has 5 heteroatoms. The first-order valence-corrected chi connectivity index (χ1v) is 8.45. The van der Waals surface area contributed by atoms with Crippen molar-refractivity contribution in [2.45, 2.75) is 31.7 Å². The Morgan fingerprint density at radius 3 is 2.67 bits per heavy atom. The van der Waals surface area contributed by atoms with Crippen molar-refractivity contribution in [1.82, 2.24) is 14.7 Å². The number of likely N-dealkylation sites (N-methyl/N-ethyl adjacent to an activating group) is 1. The van der Waals surface area contributed by atoms with E-state index in [0.29, 0.717) is 18.9 Å². The van der Waals surface area contributed by atoms with Gasteiger partial charge in [-0.1, -0.05) is 0 Å². The van der Waals surface area contributed by atoms with Crippen LogP contribution in [0, 0.1) is 5.92 Å². The second-order valence-corrected chi connectivity index (χ2v) is 6.91. The van der Waals surface area contributed by atoms with E-state index in [1.54, 1.807) is 0 Å². The van der Waals surface area contributed by atoms with Crippen LogP contribution in [0.4, 0.5) is 0 Å². The molecule has 0 spiro atoms. The van der Waals surface area contributed by atoms with E-state index < -0.39 is 0 Å². The molecule has 3 aliphatic heterocycles. The minimum absolute atomic E-state index is 0.00298. The van der Waals surface area contributed by atoms with Crippen molar-refractivity contribution >= 4 is 5.97 Å². The zero-order valence-corrected chi connectivity index (χ0v) is 13.5. The van der Waals surface area contributed by atoms with Gasteiger partial charge in [0, 0.05) is 38.3 Å². The van der Waals surface area contributed by atoms with E-state index in [2.05, 4.69) is 21.7 Å². The minimum Gasteiger partial charge on any atom is -0.466 e. The summed E-state index contributed by atoms with van der Waals surface area (Å²) in [5.41, 5.74) is 0.0561. The molecule has 3 saturated heterocycles. The Morgan fingerprint density at radius 1 is 1.19 bits per heavy atom. The number of hydrogen-bond donors (Lipinski definition) is 0. The molecular weight excluding hydrogens is 266 g/mol. The third-order valence-corrected chi connectivity index (χ3v) is 5.78. The predicted octanol–water partition coefficient (Wildman–Crippen LogP) is 0.651. The quantitative estimate of drug-likeness (QED) is 0.712. The zero-order chi connectivity index (χ0) is 14.9. The molecule has 0 aromatic rings. The summed E-state index contributed by atoms with van der Waals surface area (Å²) in [5, 5.41) is 0. The fourth-order valence-corrected chi connectivity index (χ4v) is 4.50. The molecule has 2 bridgehead atoms. The lowest BCUT2D eigenvalue weighted by Crippen LogP contribution is -2.63. The van der Waals surface area contributed by atoms with Crippen LogP contribution in [-0.4, -0.2) is 85.7 Å². The fourth-order valence-electron chi connectivity index (χ4n) is 4.50. The summed E-state index contributed by atoms with van der Waals surface area (Å²) in [5.74, 6) is 0.635. The lowest BCUT2D eigenvalue weighted by atomic mass is 9.74. The highest BCUT2D eigenvalue weighted by Crippen LogP contribution is 2.42. The Balaban J connectivity index is 1.78. The highest BCUT2D eigenvalue weighted by atomic mass is 16.5. The van der Waals surface area contributed by atoms with Crippen LogP contribution >= 0.6 is 0 Å². The van der Waals surface area contributed by atoms with Crippen molar-refractivity contribution in [2.24, 2.45) is 5.92 Å². The number of carbonyl (C=O) groups excluding carboxylic acids is 1. The van der Waals surface area contributed by atoms with Crippen LogP contribution < -0.4 is 0 Å². The van der Waals surface area contributed by atoms with Gasteiger partial charge in [-0.15, -0.1) is 0 Å². The average Bonchev–Trinajstić information content (AvgIpc) is 2.88. The molecule has 0 amide bonds. The van der Waals surface area contributed by atoms with Gasteiger partial charge in [-0.25, -0.2) is 0 Å². The number of fused-ring (bicyclic) bond motifs is 2. The zero-order valence-electron chi connectivity index (χ0n) is 13.5. The largest absolute Gasteiger partial charge is 0.466 e. The number of ether oxygens (including phenoxy) is 1. The van der Waals surface area contributed by atoms with Gasteiger partial charge in [-0.2, -0.15) is 0 Å². The normalized spacial score (nSPS) is 37.6. The molecule has 5 nitrogen and oxygen atoms in total. The van der Waals surface area contributed by atoms with Gasteiger partial charge in [0.2, 0.25) is 0 Å². The summed E-state index contributed by atoms with van der Waals surface area (Å²) in [6.45, 7) is 10.3. The first-order chi connectivity index (χ1) is 10.1. The molecule has 3 fully saturated rings. The molecule has 0 radical (unpaired) electrons. The van der Waals surface area contributed by atoms with Gasteiger partial charge in [0.25, 0.3) is 0 Å². The summed E-state index contributed by atoms with van der Waals surface area (Å²) in [4.78, 5) is 19.8. The SMILES string of the molecule is CCOC(=O)CC1(N2CCN(C)CC2)CCN2CCC1C2. The van der Waals surface area contributed by atoms with E-state index in [1.165, 1.54) is 19.5 Å². The summed E-state index contributed by atoms with van der Waals surface area (Å²) in [6.07, 6.45) is 2.95. The Labute approximate surface area is 128 Å². The van der Waals surface area contributed by atoms with Crippen LogP contribution in [0.2, 0.25) is 0 Å². The third-order valence-electron chi connectivity index (χ3n) is 5.78. The summed E-state index contributed by atoms with van der Waals surface area (Å²) < 4.78 is 5.30. The number of rotatable bonds is 4. The average molecular weight is 295 g/mol. The lowest BCUT2D eigenvalue weighted by molar-refractivity contribution is -0.149. The number of esters is 1. The maximum atomic E-state index is 12.2. The molecule has 3 heterocycles. The molecule has 0 aliphatic carbocycles. The third kappa shape index (κ3) is 2.96. The van der Waals surface area contributed by atoms with Crippen LogP contribution in [0.1, 0.15) is 26.2 Å². The van der Waals surface area contributed by atoms with Crippen LogP contribution in [0.3, 0.4) is 0 Å². The highest BCUT2D eigenvalue weighted by Gasteiger charge is 2.51.